The zero-order valence-corrected chi connectivity index (χ0v) is 30.4. The molecule has 0 atom stereocenters. The third-order valence-corrected chi connectivity index (χ3v) is 11.1. The lowest BCUT2D eigenvalue weighted by Crippen LogP contribution is -2.00. The first kappa shape index (κ1) is 31.5. The molecule has 4 aromatic heterocycles. The second-order valence-corrected chi connectivity index (χ2v) is 14.4. The Morgan fingerprint density at radius 2 is 0.842 bits per heavy atom. The van der Waals surface area contributed by atoms with Gasteiger partial charge in [-0.15, -0.1) is 0 Å². The molecule has 0 saturated carbocycles. The van der Waals surface area contributed by atoms with Crippen molar-refractivity contribution in [3.63, 3.8) is 0 Å². The highest BCUT2D eigenvalue weighted by molar-refractivity contribution is 6.11. The number of nitrogens with zero attached hydrogens (tertiary/aromatic N) is 4. The molecule has 0 N–H and O–H groups in total. The Balaban J connectivity index is 1.02. The van der Waals surface area contributed by atoms with Gasteiger partial charge in [-0.1, -0.05) is 115 Å². The summed E-state index contributed by atoms with van der Waals surface area (Å²) in [5.74, 6) is 1.68. The van der Waals surface area contributed by atoms with E-state index in [-0.39, 0.29) is 0 Å². The monoisotopic (exact) mass is 730 g/mol. The molecule has 0 aliphatic rings. The zero-order valence-electron chi connectivity index (χ0n) is 30.4. The maximum atomic E-state index is 6.63. The van der Waals surface area contributed by atoms with Crippen molar-refractivity contribution in [2.24, 2.45) is 0 Å². The molecule has 0 unspecified atom stereocenters. The number of aromatic nitrogens is 4. The summed E-state index contributed by atoms with van der Waals surface area (Å²) in [4.78, 5) is 15.3. The molecular weight excluding hydrogens is 701 g/mol. The summed E-state index contributed by atoms with van der Waals surface area (Å²) in [5, 5.41) is 6.68. The van der Waals surface area contributed by atoms with E-state index in [1.165, 1.54) is 10.8 Å². The molecule has 0 saturated heterocycles. The number of hydrogen-bond donors (Lipinski definition) is 0. The van der Waals surface area contributed by atoms with Crippen molar-refractivity contribution in [2.45, 2.75) is 0 Å². The minimum absolute atomic E-state index is 0.553. The predicted molar refractivity (Wildman–Crippen MR) is 230 cm³/mol. The van der Waals surface area contributed by atoms with Crippen molar-refractivity contribution in [3.8, 4) is 51.0 Å². The van der Waals surface area contributed by atoms with Gasteiger partial charge in [0.25, 0.3) is 0 Å². The molecule has 0 fully saturated rings. The Kier molecular flexibility index (Phi) is 6.83. The number of rotatable bonds is 5. The third-order valence-electron chi connectivity index (χ3n) is 11.1. The first-order valence-corrected chi connectivity index (χ1v) is 19.0. The van der Waals surface area contributed by atoms with E-state index >= 15 is 0 Å². The van der Waals surface area contributed by atoms with Crippen molar-refractivity contribution < 1.29 is 8.83 Å². The van der Waals surface area contributed by atoms with Gasteiger partial charge in [-0.3, -0.25) is 0 Å². The number of para-hydroxylation sites is 4. The Labute approximate surface area is 325 Å². The van der Waals surface area contributed by atoms with Crippen LogP contribution in [0.1, 0.15) is 0 Å². The number of furan rings is 2. The summed E-state index contributed by atoms with van der Waals surface area (Å²) in [6.07, 6.45) is 0. The molecule has 0 spiro atoms. The van der Waals surface area contributed by atoms with Gasteiger partial charge in [0.05, 0.1) is 11.0 Å². The summed E-state index contributed by atoms with van der Waals surface area (Å²) in [5.41, 5.74) is 11.4. The van der Waals surface area contributed by atoms with E-state index in [1.807, 2.05) is 36.4 Å². The maximum absolute atomic E-state index is 6.63. The minimum Gasteiger partial charge on any atom is -0.456 e. The molecule has 57 heavy (non-hydrogen) atoms. The van der Waals surface area contributed by atoms with Crippen LogP contribution in [0.5, 0.6) is 0 Å². The van der Waals surface area contributed by atoms with Crippen molar-refractivity contribution >= 4 is 65.7 Å². The topological polar surface area (TPSA) is 69.9 Å². The Morgan fingerprint density at radius 3 is 1.53 bits per heavy atom. The van der Waals surface area contributed by atoms with Gasteiger partial charge in [-0.05, 0) is 72.3 Å². The molecule has 0 aliphatic heterocycles. The van der Waals surface area contributed by atoms with Gasteiger partial charge in [0, 0.05) is 60.3 Å². The van der Waals surface area contributed by atoms with Gasteiger partial charge >= 0.3 is 0 Å². The quantitative estimate of drug-likeness (QED) is 0.176. The highest BCUT2D eigenvalue weighted by Gasteiger charge is 2.18. The van der Waals surface area contributed by atoms with Gasteiger partial charge in [-0.2, -0.15) is 0 Å². The number of benzene rings is 8. The lowest BCUT2D eigenvalue weighted by Gasteiger charge is -2.11. The van der Waals surface area contributed by atoms with Crippen LogP contribution in [0, 0.1) is 0 Å². The third kappa shape index (κ3) is 5.01. The minimum atomic E-state index is 0.553. The lowest BCUT2D eigenvalue weighted by molar-refractivity contribution is 0.669. The first-order chi connectivity index (χ1) is 28.2. The second-order valence-electron chi connectivity index (χ2n) is 14.4. The molecule has 12 rings (SSSR count). The Morgan fingerprint density at radius 1 is 0.333 bits per heavy atom. The molecule has 0 amide bonds. The van der Waals surface area contributed by atoms with Crippen molar-refractivity contribution in [2.75, 3.05) is 0 Å². The molecular formula is C51H30N4O2. The highest BCUT2D eigenvalue weighted by Crippen LogP contribution is 2.38. The van der Waals surface area contributed by atoms with E-state index in [4.69, 9.17) is 23.8 Å². The molecule has 6 heteroatoms. The van der Waals surface area contributed by atoms with Crippen molar-refractivity contribution in [1.82, 2.24) is 19.5 Å². The summed E-state index contributed by atoms with van der Waals surface area (Å²) >= 11 is 0. The van der Waals surface area contributed by atoms with Crippen LogP contribution < -0.4 is 0 Å². The van der Waals surface area contributed by atoms with Crippen LogP contribution >= 0.6 is 0 Å². The van der Waals surface area contributed by atoms with Crippen LogP contribution in [0.2, 0.25) is 0 Å². The average molecular weight is 731 g/mol. The van der Waals surface area contributed by atoms with E-state index < -0.39 is 0 Å². The second kappa shape index (κ2) is 12.3. The fourth-order valence-corrected chi connectivity index (χ4v) is 8.37. The largest absolute Gasteiger partial charge is 0.456 e. The Bertz CT molecular complexity index is 3470. The van der Waals surface area contributed by atoms with Crippen LogP contribution in [-0.2, 0) is 0 Å². The summed E-state index contributed by atoms with van der Waals surface area (Å²) in [6.45, 7) is 0. The van der Waals surface area contributed by atoms with Crippen LogP contribution in [0.4, 0.5) is 0 Å². The number of fused-ring (bicyclic) bond motifs is 9. The average Bonchev–Trinajstić information content (AvgIpc) is 3.95. The normalized spacial score (nSPS) is 11.9. The zero-order chi connectivity index (χ0) is 37.5. The molecule has 266 valence electrons. The fraction of sp³-hybridized carbons (Fsp3) is 0. The van der Waals surface area contributed by atoms with Crippen molar-refractivity contribution in [1.29, 1.82) is 0 Å². The van der Waals surface area contributed by atoms with Gasteiger partial charge in [-0.25, -0.2) is 15.0 Å². The van der Waals surface area contributed by atoms with E-state index in [9.17, 15) is 0 Å². The molecule has 12 aromatic rings. The molecule has 0 aliphatic carbocycles. The van der Waals surface area contributed by atoms with E-state index in [0.717, 1.165) is 88.4 Å². The van der Waals surface area contributed by atoms with Crippen LogP contribution in [0.15, 0.2) is 191 Å². The van der Waals surface area contributed by atoms with E-state index in [1.54, 1.807) is 0 Å². The molecule has 4 heterocycles. The summed E-state index contributed by atoms with van der Waals surface area (Å²) < 4.78 is 15.2. The predicted octanol–water partition coefficient (Wildman–Crippen LogP) is 13.4. The van der Waals surface area contributed by atoms with E-state index in [0.29, 0.717) is 17.5 Å². The smallest absolute Gasteiger partial charge is 0.164 e. The number of hydrogen-bond acceptors (Lipinski definition) is 5. The van der Waals surface area contributed by atoms with Gasteiger partial charge in [0.15, 0.2) is 17.5 Å². The summed E-state index contributed by atoms with van der Waals surface area (Å²) in [7, 11) is 0. The first-order valence-electron chi connectivity index (χ1n) is 19.0. The van der Waals surface area contributed by atoms with Crippen LogP contribution in [0.3, 0.4) is 0 Å². The fourth-order valence-electron chi connectivity index (χ4n) is 8.37. The lowest BCUT2D eigenvalue weighted by atomic mass is 10.0. The highest BCUT2D eigenvalue weighted by atomic mass is 16.3. The van der Waals surface area contributed by atoms with Crippen LogP contribution in [-0.4, -0.2) is 19.5 Å². The van der Waals surface area contributed by atoms with Gasteiger partial charge in [0.1, 0.15) is 22.3 Å². The van der Waals surface area contributed by atoms with Crippen molar-refractivity contribution in [3.05, 3.63) is 182 Å². The molecule has 8 aromatic carbocycles. The van der Waals surface area contributed by atoms with E-state index in [2.05, 4.69) is 150 Å². The Hall–Kier alpha value is -7.83. The van der Waals surface area contributed by atoms with Gasteiger partial charge < -0.3 is 13.4 Å². The molecule has 0 radical (unpaired) electrons. The molecule has 6 nitrogen and oxygen atoms in total. The maximum Gasteiger partial charge on any atom is 0.164 e. The summed E-state index contributed by atoms with van der Waals surface area (Å²) in [6, 6.07) is 62.7. The standard InChI is InChI=1S/C51H30N4O2/c1-2-11-31(12-3-1)36-16-10-17-42-41-28-24-34(30-47(41)57-48(36)42)51-53-49(52-50(54-51)33-23-27-40-39-15-6-9-20-45(39)56-46(40)29-33)32-21-25-35(26-22-32)55-43-18-7-4-13-37(43)38-14-5-8-19-44(38)55/h1-30H. The van der Waals surface area contributed by atoms with Gasteiger partial charge in [0.2, 0.25) is 0 Å². The van der Waals surface area contributed by atoms with Crippen LogP contribution in [0.25, 0.3) is 117 Å². The molecule has 0 bridgehead atoms. The SMILES string of the molecule is c1ccc(-c2cccc3c2oc2cc(-c4nc(-c5ccc(-n6c7ccccc7c7ccccc76)cc5)nc(-c5ccc6c(c5)oc5ccccc56)n4)ccc23)cc1.